The lowest BCUT2D eigenvalue weighted by Crippen LogP contribution is -2.19. The summed E-state index contributed by atoms with van der Waals surface area (Å²) >= 11 is 1.29. The molecule has 2 aromatic heterocycles. The van der Waals surface area contributed by atoms with Gasteiger partial charge in [-0.15, -0.1) is 10.2 Å². The number of nitrogens with one attached hydrogen (secondary N) is 1. The molecule has 0 unspecified atom stereocenters. The topological polar surface area (TPSA) is 118 Å². The number of aromatic nitrogens is 4. The molecule has 1 aliphatic rings. The fourth-order valence-electron chi connectivity index (χ4n) is 1.60. The van der Waals surface area contributed by atoms with Crippen LogP contribution < -0.4 is 5.32 Å². The number of hydrogen-bond acceptors (Lipinski definition) is 7. The highest BCUT2D eigenvalue weighted by Crippen LogP contribution is 2.42. The van der Waals surface area contributed by atoms with Crippen LogP contribution in [-0.2, 0) is 0 Å². The van der Waals surface area contributed by atoms with Gasteiger partial charge in [0, 0.05) is 18.3 Å². The Labute approximate surface area is 116 Å². The minimum atomic E-state index is -1.31. The van der Waals surface area contributed by atoms with E-state index in [1.54, 1.807) is 0 Å². The fraction of sp³-hybridized carbons (Fsp3) is 0.273. The van der Waals surface area contributed by atoms with Crippen LogP contribution in [0.25, 0.3) is 0 Å². The lowest BCUT2D eigenvalue weighted by molar-refractivity contribution is 0.0685. The fourth-order valence-corrected chi connectivity index (χ4v) is 2.50. The first-order valence-electron chi connectivity index (χ1n) is 5.84. The molecule has 2 heterocycles. The van der Waals surface area contributed by atoms with Crippen LogP contribution in [0, 0.1) is 0 Å². The summed E-state index contributed by atoms with van der Waals surface area (Å²) in [7, 11) is 0. The zero-order chi connectivity index (χ0) is 14.1. The summed E-state index contributed by atoms with van der Waals surface area (Å²) in [4.78, 5) is 30.3. The second kappa shape index (κ2) is 4.93. The highest BCUT2D eigenvalue weighted by atomic mass is 32.1. The van der Waals surface area contributed by atoms with Crippen LogP contribution in [0.15, 0.2) is 12.4 Å². The minimum absolute atomic E-state index is 0.247. The van der Waals surface area contributed by atoms with E-state index < -0.39 is 17.6 Å². The summed E-state index contributed by atoms with van der Waals surface area (Å²) in [5.74, 6) is -1.52. The van der Waals surface area contributed by atoms with Gasteiger partial charge < -0.3 is 5.11 Å². The van der Waals surface area contributed by atoms with E-state index in [0.29, 0.717) is 11.0 Å². The molecule has 0 bridgehead atoms. The van der Waals surface area contributed by atoms with E-state index in [4.69, 9.17) is 5.11 Å². The summed E-state index contributed by atoms with van der Waals surface area (Å²) in [6.07, 6.45) is 4.67. The molecular weight excluding hydrogens is 282 g/mol. The highest BCUT2D eigenvalue weighted by Gasteiger charge is 2.28. The monoisotopic (exact) mass is 291 g/mol. The van der Waals surface area contributed by atoms with Crippen molar-refractivity contribution in [3.63, 3.8) is 0 Å². The average molecular weight is 291 g/mol. The highest BCUT2D eigenvalue weighted by molar-refractivity contribution is 7.15. The maximum Gasteiger partial charge on any atom is 0.356 e. The number of nitrogens with zero attached hydrogens (tertiary/aromatic N) is 4. The zero-order valence-corrected chi connectivity index (χ0v) is 10.9. The summed E-state index contributed by atoms with van der Waals surface area (Å²) in [5, 5.41) is 20.5. The Kier molecular flexibility index (Phi) is 3.11. The van der Waals surface area contributed by atoms with Gasteiger partial charge in [-0.3, -0.25) is 10.1 Å². The van der Waals surface area contributed by atoms with Gasteiger partial charge in [0.15, 0.2) is 11.4 Å². The third-order valence-electron chi connectivity index (χ3n) is 2.70. The van der Waals surface area contributed by atoms with E-state index in [-0.39, 0.29) is 5.69 Å². The molecule has 0 radical (unpaired) electrons. The SMILES string of the molecule is O=C(O)c1nccnc1C(=O)Nc1nnc(C2CC2)s1. The van der Waals surface area contributed by atoms with Crippen LogP contribution in [0.2, 0.25) is 0 Å². The van der Waals surface area contributed by atoms with Crippen molar-refractivity contribution in [2.75, 3.05) is 5.32 Å². The van der Waals surface area contributed by atoms with Crippen LogP contribution >= 0.6 is 11.3 Å². The molecule has 20 heavy (non-hydrogen) atoms. The number of carboxylic acids is 1. The van der Waals surface area contributed by atoms with Gasteiger partial charge in [-0.2, -0.15) is 0 Å². The smallest absolute Gasteiger partial charge is 0.356 e. The second-order valence-corrected chi connectivity index (χ2v) is 5.24. The van der Waals surface area contributed by atoms with E-state index >= 15 is 0 Å². The molecule has 1 saturated carbocycles. The van der Waals surface area contributed by atoms with Crippen LogP contribution in [-0.4, -0.2) is 37.1 Å². The van der Waals surface area contributed by atoms with Crippen LogP contribution in [0.1, 0.15) is 44.7 Å². The number of aromatic carboxylic acids is 1. The Morgan fingerprint density at radius 2 is 1.90 bits per heavy atom. The molecule has 0 spiro atoms. The molecule has 0 atom stereocenters. The van der Waals surface area contributed by atoms with Crippen molar-refractivity contribution in [1.82, 2.24) is 20.2 Å². The molecule has 3 rings (SSSR count). The first-order chi connectivity index (χ1) is 9.65. The number of carbonyl (C=O) groups excluding carboxylic acids is 1. The molecular formula is C11H9N5O3S. The minimum Gasteiger partial charge on any atom is -0.476 e. The molecule has 2 aromatic rings. The number of carboxylic acid groups (broad SMARTS) is 1. The Bertz CT molecular complexity index is 682. The summed E-state index contributed by atoms with van der Waals surface area (Å²) in [6, 6.07) is 0. The molecule has 9 heteroatoms. The molecule has 2 N–H and O–H groups in total. The van der Waals surface area contributed by atoms with Gasteiger partial charge in [0.25, 0.3) is 5.91 Å². The third-order valence-corrected chi connectivity index (χ3v) is 3.70. The van der Waals surface area contributed by atoms with E-state index in [1.807, 2.05) is 0 Å². The summed E-state index contributed by atoms with van der Waals surface area (Å²) < 4.78 is 0. The first-order valence-corrected chi connectivity index (χ1v) is 6.66. The van der Waals surface area contributed by atoms with Gasteiger partial charge in [-0.05, 0) is 12.8 Å². The van der Waals surface area contributed by atoms with E-state index in [0.717, 1.165) is 17.8 Å². The van der Waals surface area contributed by atoms with Gasteiger partial charge in [-0.25, -0.2) is 14.8 Å². The largest absolute Gasteiger partial charge is 0.476 e. The molecule has 1 fully saturated rings. The molecule has 102 valence electrons. The Morgan fingerprint density at radius 1 is 1.20 bits per heavy atom. The number of amides is 1. The standard InChI is InChI=1S/C11H9N5O3S/c17-8(6-7(10(18)19)13-4-3-12-6)14-11-16-15-9(20-11)5-1-2-5/h3-5H,1-2H2,(H,18,19)(H,14,16,17). The van der Waals surface area contributed by atoms with Crippen LogP contribution in [0.3, 0.4) is 0 Å². The van der Waals surface area contributed by atoms with Gasteiger partial charge >= 0.3 is 5.97 Å². The Hall–Kier alpha value is -2.42. The predicted molar refractivity (Wildman–Crippen MR) is 68.8 cm³/mol. The van der Waals surface area contributed by atoms with Crippen molar-refractivity contribution >= 4 is 28.3 Å². The molecule has 0 aliphatic heterocycles. The van der Waals surface area contributed by atoms with Gasteiger partial charge in [0.2, 0.25) is 5.13 Å². The van der Waals surface area contributed by atoms with E-state index in [2.05, 4.69) is 25.5 Å². The molecule has 8 nitrogen and oxygen atoms in total. The molecule has 1 amide bonds. The van der Waals surface area contributed by atoms with Crippen molar-refractivity contribution in [2.24, 2.45) is 0 Å². The van der Waals surface area contributed by atoms with Crippen molar-refractivity contribution in [2.45, 2.75) is 18.8 Å². The molecule has 0 aromatic carbocycles. The van der Waals surface area contributed by atoms with Crippen molar-refractivity contribution in [3.8, 4) is 0 Å². The average Bonchev–Trinajstić information content (AvgIpc) is 3.19. The number of anilines is 1. The van der Waals surface area contributed by atoms with Gasteiger partial charge in [0.05, 0.1) is 0 Å². The zero-order valence-electron chi connectivity index (χ0n) is 10.1. The third kappa shape index (κ3) is 2.48. The number of rotatable bonds is 4. The second-order valence-electron chi connectivity index (χ2n) is 4.23. The first kappa shape index (κ1) is 12.6. The maximum atomic E-state index is 12.0. The predicted octanol–water partition coefficient (Wildman–Crippen LogP) is 1.16. The Morgan fingerprint density at radius 3 is 2.55 bits per heavy atom. The van der Waals surface area contributed by atoms with Crippen molar-refractivity contribution in [3.05, 3.63) is 28.8 Å². The summed E-state index contributed by atoms with van der Waals surface area (Å²) in [6.45, 7) is 0. The van der Waals surface area contributed by atoms with Gasteiger partial charge in [-0.1, -0.05) is 11.3 Å². The van der Waals surface area contributed by atoms with Crippen LogP contribution in [0.4, 0.5) is 5.13 Å². The number of carbonyl (C=O) groups is 2. The normalized spacial score (nSPS) is 14.0. The van der Waals surface area contributed by atoms with Gasteiger partial charge in [0.1, 0.15) is 5.01 Å². The van der Waals surface area contributed by atoms with Crippen LogP contribution in [0.5, 0.6) is 0 Å². The lowest BCUT2D eigenvalue weighted by Gasteiger charge is -2.02. The lowest BCUT2D eigenvalue weighted by atomic mass is 10.3. The number of hydrogen-bond donors (Lipinski definition) is 2. The molecule has 0 saturated heterocycles. The Balaban J connectivity index is 1.80. The van der Waals surface area contributed by atoms with E-state index in [1.165, 1.54) is 23.7 Å². The van der Waals surface area contributed by atoms with E-state index in [9.17, 15) is 9.59 Å². The summed E-state index contributed by atoms with van der Waals surface area (Å²) in [5.41, 5.74) is -0.639. The quantitative estimate of drug-likeness (QED) is 0.867. The van der Waals surface area contributed by atoms with Crippen molar-refractivity contribution in [1.29, 1.82) is 0 Å². The van der Waals surface area contributed by atoms with Crippen molar-refractivity contribution < 1.29 is 14.7 Å². The maximum absolute atomic E-state index is 12.0. The molecule has 1 aliphatic carbocycles.